The third-order valence-corrected chi connectivity index (χ3v) is 3.38. The summed E-state index contributed by atoms with van der Waals surface area (Å²) in [6.07, 6.45) is 0. The number of benzene rings is 2. The fraction of sp³-hybridized carbons (Fsp3) is 0.0667. The van der Waals surface area contributed by atoms with Crippen LogP contribution < -0.4 is 11.3 Å². The number of nitrogens with one attached hydrogen (secondary N) is 1. The molecule has 0 saturated carbocycles. The van der Waals surface area contributed by atoms with Gasteiger partial charge >= 0.3 is 0 Å². The summed E-state index contributed by atoms with van der Waals surface area (Å²) in [6.45, 7) is 0. The molecule has 0 bridgehead atoms. The molecule has 19 heavy (non-hydrogen) atoms. The van der Waals surface area contributed by atoms with E-state index in [0.717, 1.165) is 16.3 Å². The van der Waals surface area contributed by atoms with Crippen LogP contribution in [0.25, 0.3) is 10.8 Å². The summed E-state index contributed by atoms with van der Waals surface area (Å²) in [6, 6.07) is 17.6. The van der Waals surface area contributed by atoms with Gasteiger partial charge in [0.15, 0.2) is 5.22 Å². The molecule has 0 aliphatic heterocycles. The summed E-state index contributed by atoms with van der Waals surface area (Å²) in [5.74, 6) is 6.38. The van der Waals surface area contributed by atoms with Gasteiger partial charge in [-0.15, -0.1) is 0 Å². The molecule has 1 aromatic heterocycles. The van der Waals surface area contributed by atoms with Crippen LogP contribution in [0.1, 0.15) is 17.4 Å². The fourth-order valence-corrected chi connectivity index (χ4v) is 2.46. The van der Waals surface area contributed by atoms with Crippen molar-refractivity contribution in [3.63, 3.8) is 0 Å². The lowest BCUT2D eigenvalue weighted by Gasteiger charge is -2.16. The second-order valence-corrected chi connectivity index (χ2v) is 4.68. The first-order valence-corrected chi connectivity index (χ1v) is 6.36. The molecule has 0 fully saturated rings. The van der Waals surface area contributed by atoms with E-state index >= 15 is 0 Å². The Kier molecular flexibility index (Phi) is 3.25. The molecule has 96 valence electrons. The largest absolute Gasteiger partial charge is 0.448 e. The van der Waals surface area contributed by atoms with Crippen LogP contribution in [0, 0.1) is 0 Å². The Morgan fingerprint density at radius 1 is 1.00 bits per heavy atom. The molecule has 0 spiro atoms. The van der Waals surface area contributed by atoms with Crippen LogP contribution in [0.4, 0.5) is 0 Å². The van der Waals surface area contributed by atoms with E-state index in [1.807, 2.05) is 30.3 Å². The number of nitrogens with two attached hydrogens (primary N) is 1. The maximum atomic E-state index is 5.83. The Morgan fingerprint density at radius 2 is 1.79 bits per heavy atom. The standard InChI is InChI=1S/C15H13ClN2O/c16-14-9-8-13(19-14)15(18-17)12-7-3-5-10-4-1-2-6-11(10)12/h1-9,15,18H,17H2. The summed E-state index contributed by atoms with van der Waals surface area (Å²) in [7, 11) is 0. The highest BCUT2D eigenvalue weighted by Gasteiger charge is 2.18. The van der Waals surface area contributed by atoms with Gasteiger partial charge in [-0.05, 0) is 40.1 Å². The maximum absolute atomic E-state index is 5.83. The zero-order chi connectivity index (χ0) is 13.2. The molecule has 0 saturated heterocycles. The molecular formula is C15H13ClN2O. The van der Waals surface area contributed by atoms with Gasteiger partial charge in [0.1, 0.15) is 11.8 Å². The average Bonchev–Trinajstić information content (AvgIpc) is 2.86. The Hall–Kier alpha value is -1.81. The molecule has 0 amide bonds. The third-order valence-electron chi connectivity index (χ3n) is 3.18. The van der Waals surface area contributed by atoms with Crippen molar-refractivity contribution in [2.75, 3.05) is 0 Å². The van der Waals surface area contributed by atoms with Gasteiger partial charge in [-0.1, -0.05) is 42.5 Å². The van der Waals surface area contributed by atoms with Crippen molar-refractivity contribution in [2.24, 2.45) is 5.84 Å². The van der Waals surface area contributed by atoms with E-state index in [1.54, 1.807) is 6.07 Å². The predicted octanol–water partition coefficient (Wildman–Crippen LogP) is 3.64. The Balaban J connectivity index is 2.16. The number of hydrazine groups is 1. The van der Waals surface area contributed by atoms with E-state index in [0.29, 0.717) is 11.0 Å². The summed E-state index contributed by atoms with van der Waals surface area (Å²) in [5, 5.41) is 2.66. The Morgan fingerprint density at radius 3 is 2.53 bits per heavy atom. The molecule has 2 aromatic carbocycles. The summed E-state index contributed by atoms with van der Waals surface area (Å²) in [5.41, 5.74) is 3.85. The van der Waals surface area contributed by atoms with Crippen molar-refractivity contribution in [2.45, 2.75) is 6.04 Å². The molecule has 3 N–H and O–H groups in total. The van der Waals surface area contributed by atoms with E-state index < -0.39 is 0 Å². The molecule has 1 unspecified atom stereocenters. The zero-order valence-corrected chi connectivity index (χ0v) is 10.9. The molecule has 3 nitrogen and oxygen atoms in total. The SMILES string of the molecule is NNC(c1ccc(Cl)o1)c1cccc2ccccc12. The first-order valence-electron chi connectivity index (χ1n) is 5.98. The van der Waals surface area contributed by atoms with Gasteiger partial charge in [0.05, 0.1) is 0 Å². The molecule has 1 atom stereocenters. The first-order chi connectivity index (χ1) is 9.29. The van der Waals surface area contributed by atoms with Crippen LogP contribution in [0.15, 0.2) is 59.0 Å². The lowest BCUT2D eigenvalue weighted by atomic mass is 9.98. The van der Waals surface area contributed by atoms with Crippen LogP contribution in [0.2, 0.25) is 5.22 Å². The highest BCUT2D eigenvalue weighted by molar-refractivity contribution is 6.28. The van der Waals surface area contributed by atoms with Crippen molar-refractivity contribution in [3.05, 3.63) is 71.1 Å². The van der Waals surface area contributed by atoms with Crippen LogP contribution >= 0.6 is 11.6 Å². The van der Waals surface area contributed by atoms with Gasteiger partial charge in [0.2, 0.25) is 0 Å². The number of hydrogen-bond donors (Lipinski definition) is 2. The van der Waals surface area contributed by atoms with Crippen molar-refractivity contribution in [1.82, 2.24) is 5.43 Å². The molecule has 3 aromatic rings. The molecule has 0 radical (unpaired) electrons. The van der Waals surface area contributed by atoms with Crippen molar-refractivity contribution in [3.8, 4) is 0 Å². The predicted molar refractivity (Wildman–Crippen MR) is 76.8 cm³/mol. The van der Waals surface area contributed by atoms with E-state index in [4.69, 9.17) is 21.9 Å². The second kappa shape index (κ2) is 5.05. The van der Waals surface area contributed by atoms with Gasteiger partial charge in [0.25, 0.3) is 0 Å². The molecule has 3 rings (SSSR count). The lowest BCUT2D eigenvalue weighted by Crippen LogP contribution is -2.28. The number of rotatable bonds is 3. The van der Waals surface area contributed by atoms with Crippen LogP contribution in [-0.4, -0.2) is 0 Å². The molecule has 0 aliphatic carbocycles. The van der Waals surface area contributed by atoms with E-state index in [2.05, 4.69) is 23.6 Å². The van der Waals surface area contributed by atoms with Crippen LogP contribution in [0.5, 0.6) is 0 Å². The van der Waals surface area contributed by atoms with Crippen molar-refractivity contribution in [1.29, 1.82) is 0 Å². The minimum Gasteiger partial charge on any atom is -0.448 e. The molecular weight excluding hydrogens is 260 g/mol. The zero-order valence-electron chi connectivity index (χ0n) is 10.1. The quantitative estimate of drug-likeness (QED) is 0.565. The number of halogens is 1. The monoisotopic (exact) mass is 272 g/mol. The van der Waals surface area contributed by atoms with Gasteiger partial charge in [-0.3, -0.25) is 5.84 Å². The number of furan rings is 1. The average molecular weight is 273 g/mol. The fourth-order valence-electron chi connectivity index (χ4n) is 2.31. The Labute approximate surface area is 115 Å². The number of fused-ring (bicyclic) bond motifs is 1. The molecule has 4 heteroatoms. The molecule has 1 heterocycles. The van der Waals surface area contributed by atoms with Crippen molar-refractivity contribution >= 4 is 22.4 Å². The third kappa shape index (κ3) is 2.24. The molecule has 0 aliphatic rings. The second-order valence-electron chi connectivity index (χ2n) is 4.31. The van der Waals surface area contributed by atoms with Crippen LogP contribution in [0.3, 0.4) is 0 Å². The minimum atomic E-state index is -0.224. The normalized spacial score (nSPS) is 12.7. The van der Waals surface area contributed by atoms with Gasteiger partial charge < -0.3 is 4.42 Å². The summed E-state index contributed by atoms with van der Waals surface area (Å²) in [4.78, 5) is 0. The van der Waals surface area contributed by atoms with E-state index in [1.165, 1.54) is 0 Å². The highest BCUT2D eigenvalue weighted by Crippen LogP contribution is 2.30. The summed E-state index contributed by atoms with van der Waals surface area (Å²) >= 11 is 5.83. The van der Waals surface area contributed by atoms with Gasteiger partial charge in [-0.25, -0.2) is 5.43 Å². The minimum absolute atomic E-state index is 0.224. The van der Waals surface area contributed by atoms with Crippen LogP contribution in [-0.2, 0) is 0 Å². The van der Waals surface area contributed by atoms with Gasteiger partial charge in [-0.2, -0.15) is 0 Å². The van der Waals surface area contributed by atoms with E-state index in [9.17, 15) is 0 Å². The topological polar surface area (TPSA) is 51.2 Å². The smallest absolute Gasteiger partial charge is 0.193 e. The number of hydrogen-bond acceptors (Lipinski definition) is 3. The Bertz CT molecular complexity index is 703. The highest BCUT2D eigenvalue weighted by atomic mass is 35.5. The van der Waals surface area contributed by atoms with E-state index in [-0.39, 0.29) is 6.04 Å². The maximum Gasteiger partial charge on any atom is 0.193 e. The lowest BCUT2D eigenvalue weighted by molar-refractivity contribution is 0.455. The van der Waals surface area contributed by atoms with Gasteiger partial charge in [0, 0.05) is 0 Å². The first kappa shape index (κ1) is 12.2. The summed E-state index contributed by atoms with van der Waals surface area (Å²) < 4.78 is 5.46. The van der Waals surface area contributed by atoms with Crippen molar-refractivity contribution < 1.29 is 4.42 Å².